The lowest BCUT2D eigenvalue weighted by Crippen LogP contribution is -2.16. The van der Waals surface area contributed by atoms with E-state index in [1.807, 2.05) is 45.0 Å². The molecule has 0 fully saturated rings. The molecule has 0 aliphatic heterocycles. The number of hydrogen-bond acceptors (Lipinski definition) is 3. The number of nitrogens with one attached hydrogen (secondary N) is 1. The van der Waals surface area contributed by atoms with Crippen LogP contribution in [0.25, 0.3) is 11.0 Å². The Hall–Kier alpha value is -2.59. The highest BCUT2D eigenvalue weighted by Gasteiger charge is 2.13. The molecule has 134 valence electrons. The maximum absolute atomic E-state index is 12.3. The van der Waals surface area contributed by atoms with Gasteiger partial charge in [0.25, 0.3) is 0 Å². The van der Waals surface area contributed by atoms with E-state index < -0.39 is 0 Å². The average Bonchev–Trinajstić information content (AvgIpc) is 2.57. The zero-order chi connectivity index (χ0) is 18.8. The summed E-state index contributed by atoms with van der Waals surface area (Å²) in [5.41, 5.74) is 4.22. The molecule has 1 heterocycles. The molecule has 1 amide bonds. The van der Waals surface area contributed by atoms with Crippen molar-refractivity contribution in [3.8, 4) is 0 Å². The fourth-order valence-electron chi connectivity index (χ4n) is 2.92. The summed E-state index contributed by atoms with van der Waals surface area (Å²) in [5, 5.41) is 4.31. The largest absolute Gasteiger partial charge is 0.423 e. The topological polar surface area (TPSA) is 59.3 Å². The molecule has 1 N–H and O–H groups in total. The minimum absolute atomic E-state index is 0.173. The molecular weight excluding hydrogens is 350 g/mol. The predicted octanol–water partition coefficient (Wildman–Crippen LogP) is 4.94. The van der Waals surface area contributed by atoms with Crippen LogP contribution in [0, 0.1) is 20.8 Å². The van der Waals surface area contributed by atoms with E-state index in [1.54, 1.807) is 12.1 Å². The van der Waals surface area contributed by atoms with Crippen LogP contribution in [-0.4, -0.2) is 5.91 Å². The second-order valence-corrected chi connectivity index (χ2v) is 6.91. The van der Waals surface area contributed by atoms with Gasteiger partial charge in [0.2, 0.25) is 5.91 Å². The quantitative estimate of drug-likeness (QED) is 0.662. The zero-order valence-corrected chi connectivity index (χ0v) is 15.7. The molecule has 0 saturated heterocycles. The second-order valence-electron chi connectivity index (χ2n) is 6.50. The summed E-state index contributed by atoms with van der Waals surface area (Å²) in [6, 6.07) is 11.1. The van der Waals surface area contributed by atoms with Gasteiger partial charge in [0.15, 0.2) is 0 Å². The van der Waals surface area contributed by atoms with Gasteiger partial charge >= 0.3 is 5.63 Å². The van der Waals surface area contributed by atoms with E-state index in [-0.39, 0.29) is 18.0 Å². The Morgan fingerprint density at radius 3 is 2.62 bits per heavy atom. The lowest BCUT2D eigenvalue weighted by atomic mass is 10.0. The Kier molecular flexibility index (Phi) is 5.14. The Labute approximate surface area is 156 Å². The first-order valence-electron chi connectivity index (χ1n) is 8.44. The molecule has 2 aromatic carbocycles. The van der Waals surface area contributed by atoms with Gasteiger partial charge < -0.3 is 9.73 Å². The maximum Gasteiger partial charge on any atom is 0.339 e. The number of carbonyl (C=O) groups is 1. The summed E-state index contributed by atoms with van der Waals surface area (Å²) in [4.78, 5) is 24.5. The molecule has 0 aliphatic rings. The smallest absolute Gasteiger partial charge is 0.339 e. The number of rotatable bonds is 4. The molecule has 4 nitrogen and oxygen atoms in total. The fraction of sp³-hybridized carbons (Fsp3) is 0.238. The van der Waals surface area contributed by atoms with Gasteiger partial charge in [0.05, 0.1) is 0 Å². The third kappa shape index (κ3) is 3.81. The zero-order valence-electron chi connectivity index (χ0n) is 15.0. The highest BCUT2D eigenvalue weighted by molar-refractivity contribution is 6.31. The van der Waals surface area contributed by atoms with Gasteiger partial charge in [-0.1, -0.05) is 29.8 Å². The molecule has 0 radical (unpaired) electrons. The first-order chi connectivity index (χ1) is 12.3. The average molecular weight is 370 g/mol. The van der Waals surface area contributed by atoms with Crippen molar-refractivity contribution in [3.63, 3.8) is 0 Å². The van der Waals surface area contributed by atoms with Crippen LogP contribution in [0.15, 0.2) is 45.6 Å². The van der Waals surface area contributed by atoms with E-state index in [2.05, 4.69) is 5.32 Å². The standard InChI is InChI=1S/C21H20ClNO3/c1-12-4-7-16-14(3)17(21(25)26-19(16)10-12)8-9-20(24)23-15-6-5-13(2)18(22)11-15/h4-7,10-11H,8-9H2,1-3H3,(H,23,24). The van der Waals surface area contributed by atoms with Gasteiger partial charge in [-0.2, -0.15) is 0 Å². The van der Waals surface area contributed by atoms with Gasteiger partial charge in [0, 0.05) is 28.1 Å². The van der Waals surface area contributed by atoms with Crippen molar-refractivity contribution in [2.75, 3.05) is 5.32 Å². The summed E-state index contributed by atoms with van der Waals surface area (Å²) in [7, 11) is 0. The highest BCUT2D eigenvalue weighted by atomic mass is 35.5. The van der Waals surface area contributed by atoms with Crippen LogP contribution in [0.3, 0.4) is 0 Å². The van der Waals surface area contributed by atoms with Crippen LogP contribution in [0.1, 0.15) is 28.7 Å². The van der Waals surface area contributed by atoms with Crippen LogP contribution < -0.4 is 10.9 Å². The van der Waals surface area contributed by atoms with Crippen LogP contribution in [-0.2, 0) is 11.2 Å². The summed E-state index contributed by atoms with van der Waals surface area (Å²) >= 11 is 6.07. The molecule has 0 bridgehead atoms. The summed E-state index contributed by atoms with van der Waals surface area (Å²) < 4.78 is 5.43. The van der Waals surface area contributed by atoms with E-state index >= 15 is 0 Å². The third-order valence-corrected chi connectivity index (χ3v) is 4.91. The number of aryl methyl sites for hydroxylation is 3. The number of benzene rings is 2. The lowest BCUT2D eigenvalue weighted by Gasteiger charge is -2.09. The third-order valence-electron chi connectivity index (χ3n) is 4.50. The lowest BCUT2D eigenvalue weighted by molar-refractivity contribution is -0.116. The Bertz CT molecular complexity index is 1050. The van der Waals surface area contributed by atoms with Crippen molar-refractivity contribution in [1.82, 2.24) is 0 Å². The molecule has 3 rings (SSSR count). The number of hydrogen-bond donors (Lipinski definition) is 1. The Morgan fingerprint density at radius 2 is 1.88 bits per heavy atom. The van der Waals surface area contributed by atoms with Crippen molar-refractivity contribution >= 4 is 34.2 Å². The normalized spacial score (nSPS) is 10.9. The van der Waals surface area contributed by atoms with Gasteiger partial charge in [0.1, 0.15) is 5.58 Å². The summed E-state index contributed by atoms with van der Waals surface area (Å²) in [6.07, 6.45) is 0.512. The number of carbonyl (C=O) groups excluding carboxylic acids is 1. The summed E-state index contributed by atoms with van der Waals surface area (Å²) in [6.45, 7) is 5.74. The molecule has 3 aromatic rings. The first kappa shape index (κ1) is 18.2. The first-order valence-corrected chi connectivity index (χ1v) is 8.82. The van der Waals surface area contributed by atoms with E-state index in [4.69, 9.17) is 16.0 Å². The Morgan fingerprint density at radius 1 is 1.12 bits per heavy atom. The van der Waals surface area contributed by atoms with E-state index in [1.165, 1.54) is 0 Å². The molecule has 0 unspecified atom stereocenters. The minimum atomic E-state index is -0.383. The van der Waals surface area contributed by atoms with E-state index in [0.29, 0.717) is 28.3 Å². The van der Waals surface area contributed by atoms with Crippen molar-refractivity contribution in [3.05, 3.63) is 74.1 Å². The van der Waals surface area contributed by atoms with Crippen LogP contribution in [0.5, 0.6) is 0 Å². The molecule has 1 aromatic heterocycles. The highest BCUT2D eigenvalue weighted by Crippen LogP contribution is 2.22. The van der Waals surface area contributed by atoms with Crippen LogP contribution in [0.2, 0.25) is 5.02 Å². The molecule has 5 heteroatoms. The molecule has 0 spiro atoms. The van der Waals surface area contributed by atoms with Gasteiger partial charge in [-0.15, -0.1) is 0 Å². The van der Waals surface area contributed by atoms with Gasteiger partial charge in [-0.25, -0.2) is 4.79 Å². The Balaban J connectivity index is 1.76. The number of fused-ring (bicyclic) bond motifs is 1. The van der Waals surface area contributed by atoms with Crippen molar-refractivity contribution in [2.45, 2.75) is 33.6 Å². The van der Waals surface area contributed by atoms with Gasteiger partial charge in [-0.3, -0.25) is 4.79 Å². The SMILES string of the molecule is Cc1ccc2c(C)c(CCC(=O)Nc3ccc(C)c(Cl)c3)c(=O)oc2c1. The van der Waals surface area contributed by atoms with Gasteiger partial charge in [-0.05, 0) is 62.1 Å². The second kappa shape index (κ2) is 7.34. The van der Waals surface area contributed by atoms with Crippen molar-refractivity contribution < 1.29 is 9.21 Å². The fourth-order valence-corrected chi connectivity index (χ4v) is 3.10. The molecule has 26 heavy (non-hydrogen) atoms. The maximum atomic E-state index is 12.3. The monoisotopic (exact) mass is 369 g/mol. The van der Waals surface area contributed by atoms with E-state index in [0.717, 1.165) is 22.1 Å². The van der Waals surface area contributed by atoms with Crippen LogP contribution in [0.4, 0.5) is 5.69 Å². The van der Waals surface area contributed by atoms with Crippen molar-refractivity contribution in [1.29, 1.82) is 0 Å². The molecule has 0 aliphatic carbocycles. The summed E-state index contributed by atoms with van der Waals surface area (Å²) in [5.74, 6) is -0.173. The van der Waals surface area contributed by atoms with Crippen molar-refractivity contribution in [2.24, 2.45) is 0 Å². The molecule has 0 atom stereocenters. The molecular formula is C21H20ClNO3. The van der Waals surface area contributed by atoms with Crippen LogP contribution >= 0.6 is 11.6 Å². The number of amides is 1. The number of halogens is 1. The van der Waals surface area contributed by atoms with E-state index in [9.17, 15) is 9.59 Å². The molecule has 0 saturated carbocycles. The predicted molar refractivity (Wildman–Crippen MR) is 105 cm³/mol. The number of anilines is 1. The minimum Gasteiger partial charge on any atom is -0.423 e.